The van der Waals surface area contributed by atoms with E-state index in [1.165, 1.54) is 32.5 Å². The highest BCUT2D eigenvalue weighted by Gasteiger charge is 2.18. The van der Waals surface area contributed by atoms with Gasteiger partial charge in [0.05, 0.1) is 26.2 Å². The Balaban J connectivity index is 1.75. The maximum absolute atomic E-state index is 6.10. The van der Waals surface area contributed by atoms with Crippen LogP contribution in [0.5, 0.6) is 5.75 Å². The summed E-state index contributed by atoms with van der Waals surface area (Å²) in [5.41, 5.74) is 2.29. The summed E-state index contributed by atoms with van der Waals surface area (Å²) in [5.74, 6) is 1.87. The van der Waals surface area contributed by atoms with Crippen molar-refractivity contribution in [2.75, 3.05) is 26.2 Å². The lowest BCUT2D eigenvalue weighted by molar-refractivity contribution is -0.908. The number of benzene rings is 1. The molecule has 20 heavy (non-hydrogen) atoms. The fraction of sp³-hybridized carbons (Fsp3) is 0.647. The van der Waals surface area contributed by atoms with E-state index in [0.29, 0.717) is 0 Å². The van der Waals surface area contributed by atoms with Crippen LogP contribution in [0.4, 0.5) is 0 Å². The minimum absolute atomic E-state index is 0.805. The number of likely N-dealkylation sites (tertiary alicyclic amines) is 1. The molecule has 1 unspecified atom stereocenters. The Morgan fingerprint density at radius 2 is 2.10 bits per heavy atom. The maximum Gasteiger partial charge on any atom is 0.122 e. The number of quaternary nitrogens is 1. The van der Waals surface area contributed by atoms with E-state index < -0.39 is 0 Å². The van der Waals surface area contributed by atoms with Gasteiger partial charge in [-0.15, -0.1) is 0 Å². The van der Waals surface area contributed by atoms with Crippen molar-refractivity contribution in [3.63, 3.8) is 0 Å². The molecule has 1 aromatic rings. The number of nitrogens with one attached hydrogen (secondary N) is 1. The highest BCUT2D eigenvalue weighted by Crippen LogP contribution is 2.27. The highest BCUT2D eigenvalue weighted by atomic mass is 35.5. The van der Waals surface area contributed by atoms with Crippen molar-refractivity contribution in [1.29, 1.82) is 0 Å². The van der Waals surface area contributed by atoms with Gasteiger partial charge in [0, 0.05) is 17.4 Å². The third-order valence-electron chi connectivity index (χ3n) is 4.47. The summed E-state index contributed by atoms with van der Waals surface area (Å²) in [6.07, 6.45) is 3.92. The van der Waals surface area contributed by atoms with E-state index in [2.05, 4.69) is 13.8 Å². The van der Waals surface area contributed by atoms with Gasteiger partial charge in [0.2, 0.25) is 0 Å². The molecule has 2 atom stereocenters. The zero-order chi connectivity index (χ0) is 14.5. The predicted molar refractivity (Wildman–Crippen MR) is 85.0 cm³/mol. The number of hydrogen-bond acceptors (Lipinski definition) is 1. The molecule has 0 saturated carbocycles. The molecule has 1 heterocycles. The van der Waals surface area contributed by atoms with Gasteiger partial charge in [-0.3, -0.25) is 0 Å². The van der Waals surface area contributed by atoms with Crippen LogP contribution >= 0.6 is 11.6 Å². The second-order valence-corrected chi connectivity index (χ2v) is 6.61. The number of rotatable bonds is 5. The van der Waals surface area contributed by atoms with E-state index in [0.717, 1.165) is 40.8 Å². The summed E-state index contributed by atoms with van der Waals surface area (Å²) in [5, 5.41) is 0.821. The Morgan fingerprint density at radius 1 is 1.30 bits per heavy atom. The van der Waals surface area contributed by atoms with Crippen LogP contribution in [0.15, 0.2) is 12.1 Å². The normalized spacial score (nSPS) is 22.8. The first-order valence-corrected chi connectivity index (χ1v) is 8.17. The van der Waals surface area contributed by atoms with E-state index in [4.69, 9.17) is 16.3 Å². The van der Waals surface area contributed by atoms with Crippen LogP contribution in [0.3, 0.4) is 0 Å². The molecule has 2 rings (SSSR count). The fourth-order valence-electron chi connectivity index (χ4n) is 3.05. The van der Waals surface area contributed by atoms with Crippen molar-refractivity contribution in [2.24, 2.45) is 5.92 Å². The topological polar surface area (TPSA) is 13.7 Å². The Hall–Kier alpha value is -0.730. The van der Waals surface area contributed by atoms with Gasteiger partial charge in [0.25, 0.3) is 0 Å². The molecule has 1 saturated heterocycles. The Labute approximate surface area is 128 Å². The summed E-state index contributed by atoms with van der Waals surface area (Å²) >= 11 is 6.10. The van der Waals surface area contributed by atoms with E-state index in [1.54, 1.807) is 4.90 Å². The molecule has 0 aromatic heterocycles. The monoisotopic (exact) mass is 296 g/mol. The first-order valence-electron chi connectivity index (χ1n) is 7.80. The lowest BCUT2D eigenvalue weighted by Gasteiger charge is -2.27. The van der Waals surface area contributed by atoms with Gasteiger partial charge >= 0.3 is 0 Å². The zero-order valence-corrected chi connectivity index (χ0v) is 13.7. The molecule has 1 aliphatic rings. The molecule has 1 aliphatic heterocycles. The largest absolute Gasteiger partial charge is 0.493 e. The molecule has 2 nitrogen and oxygen atoms in total. The maximum atomic E-state index is 6.10. The van der Waals surface area contributed by atoms with Gasteiger partial charge in [-0.2, -0.15) is 0 Å². The van der Waals surface area contributed by atoms with Crippen molar-refractivity contribution < 1.29 is 9.64 Å². The van der Waals surface area contributed by atoms with Crippen molar-refractivity contribution in [1.82, 2.24) is 0 Å². The van der Waals surface area contributed by atoms with Gasteiger partial charge in [-0.1, -0.05) is 18.5 Å². The average molecular weight is 297 g/mol. The van der Waals surface area contributed by atoms with Gasteiger partial charge in [-0.05, 0) is 49.9 Å². The summed E-state index contributed by atoms with van der Waals surface area (Å²) in [4.78, 5) is 1.75. The lowest BCUT2D eigenvalue weighted by Crippen LogP contribution is -3.13. The van der Waals surface area contributed by atoms with Crippen molar-refractivity contribution in [3.8, 4) is 5.75 Å². The number of halogens is 1. The van der Waals surface area contributed by atoms with E-state index in [-0.39, 0.29) is 0 Å². The Kier molecular flexibility index (Phi) is 5.74. The van der Waals surface area contributed by atoms with Gasteiger partial charge in [-0.25, -0.2) is 0 Å². The van der Waals surface area contributed by atoms with Crippen LogP contribution in [0.25, 0.3) is 0 Å². The molecule has 0 aliphatic carbocycles. The first kappa shape index (κ1) is 15.7. The molecule has 0 spiro atoms. The number of piperidine rings is 1. The Morgan fingerprint density at radius 3 is 2.85 bits per heavy atom. The minimum atomic E-state index is 0.805. The minimum Gasteiger partial charge on any atom is -0.493 e. The highest BCUT2D eigenvalue weighted by molar-refractivity contribution is 6.31. The summed E-state index contributed by atoms with van der Waals surface area (Å²) in [6.45, 7) is 11.2. The first-order chi connectivity index (χ1) is 9.58. The van der Waals surface area contributed by atoms with Crippen molar-refractivity contribution in [2.45, 2.75) is 40.0 Å². The molecular weight excluding hydrogens is 270 g/mol. The molecule has 3 heteroatoms. The van der Waals surface area contributed by atoms with Crippen LogP contribution in [0.1, 0.15) is 37.3 Å². The number of ether oxygens (including phenoxy) is 1. The Bertz CT molecular complexity index is 447. The molecule has 0 amide bonds. The summed E-state index contributed by atoms with van der Waals surface area (Å²) in [7, 11) is 0. The molecule has 1 N–H and O–H groups in total. The van der Waals surface area contributed by atoms with Crippen LogP contribution in [0, 0.1) is 19.8 Å². The molecule has 1 fully saturated rings. The van der Waals surface area contributed by atoms with Crippen LogP contribution in [-0.4, -0.2) is 26.2 Å². The van der Waals surface area contributed by atoms with Crippen molar-refractivity contribution >= 4 is 11.6 Å². The quantitative estimate of drug-likeness (QED) is 0.825. The van der Waals surface area contributed by atoms with Gasteiger partial charge < -0.3 is 9.64 Å². The van der Waals surface area contributed by atoms with E-state index in [1.807, 2.05) is 19.1 Å². The molecular formula is C17H27ClNO+. The zero-order valence-electron chi connectivity index (χ0n) is 13.0. The van der Waals surface area contributed by atoms with Crippen LogP contribution in [0.2, 0.25) is 5.02 Å². The van der Waals surface area contributed by atoms with Crippen LogP contribution < -0.4 is 9.64 Å². The average Bonchev–Trinajstić information content (AvgIpc) is 2.43. The van der Waals surface area contributed by atoms with Gasteiger partial charge in [0.1, 0.15) is 5.75 Å². The summed E-state index contributed by atoms with van der Waals surface area (Å²) in [6, 6.07) is 3.91. The lowest BCUT2D eigenvalue weighted by atomic mass is 10.0. The molecule has 0 radical (unpaired) electrons. The van der Waals surface area contributed by atoms with Crippen molar-refractivity contribution in [3.05, 3.63) is 28.3 Å². The second-order valence-electron chi connectivity index (χ2n) is 6.20. The SMILES string of the molecule is Cc1c(Cl)ccc(OCCC[NH+]2CCC[C@H](C)C2)c1C. The standard InChI is InChI=1S/C17H26ClNO/c1-13-6-4-9-19(12-13)10-5-11-20-17-8-7-16(18)14(2)15(17)3/h7-8,13H,4-6,9-12H2,1-3H3/p+1/t13-/m0/s1. The predicted octanol–water partition coefficient (Wildman–Crippen LogP) is 3.04. The van der Waals surface area contributed by atoms with E-state index >= 15 is 0 Å². The molecule has 0 bridgehead atoms. The van der Waals surface area contributed by atoms with E-state index in [9.17, 15) is 0 Å². The fourth-order valence-corrected chi connectivity index (χ4v) is 3.25. The van der Waals surface area contributed by atoms with Crippen LogP contribution in [-0.2, 0) is 0 Å². The third kappa shape index (κ3) is 4.13. The molecule has 112 valence electrons. The summed E-state index contributed by atoms with van der Waals surface area (Å²) < 4.78 is 5.92. The van der Waals surface area contributed by atoms with Gasteiger partial charge in [0.15, 0.2) is 0 Å². The number of hydrogen-bond donors (Lipinski definition) is 1. The smallest absolute Gasteiger partial charge is 0.122 e. The third-order valence-corrected chi connectivity index (χ3v) is 4.88. The second kappa shape index (κ2) is 7.33. The molecule has 1 aromatic carbocycles.